The standard InChI is InChI=1S/C26H40N8O8/c1-14(2)21(25(41)42)34-24(40)17(11-15-7-4-3-5-8-15)33-23(39)18(12-20(36)37)32-19(35)13-31-22(38)16(27)9-6-10-30-26(28)29/h3-5,7-8,14,16-18,21H,6,9-13,27H2,1-2H3,(H,31,38)(H,32,35)(H,33,39)(H,34,40)(H,36,37)(H,41,42)(H4,28,29,30)/t16-,17-,18-,21+/m0/s1. The van der Waals surface area contributed by atoms with Gasteiger partial charge in [-0.05, 0) is 24.3 Å². The molecule has 0 spiro atoms. The van der Waals surface area contributed by atoms with E-state index in [0.29, 0.717) is 12.0 Å². The van der Waals surface area contributed by atoms with Crippen LogP contribution in [0.5, 0.6) is 0 Å². The summed E-state index contributed by atoms with van der Waals surface area (Å²) in [5, 5.41) is 28.1. The number of carbonyl (C=O) groups excluding carboxylic acids is 4. The Hall–Kier alpha value is -4.73. The molecule has 16 nitrogen and oxygen atoms in total. The summed E-state index contributed by atoms with van der Waals surface area (Å²) >= 11 is 0. The van der Waals surface area contributed by atoms with Crippen LogP contribution in [0.1, 0.15) is 38.7 Å². The summed E-state index contributed by atoms with van der Waals surface area (Å²) in [6.45, 7) is 2.85. The normalized spacial score (nSPS) is 13.5. The van der Waals surface area contributed by atoms with Gasteiger partial charge < -0.3 is 48.7 Å². The van der Waals surface area contributed by atoms with Gasteiger partial charge in [-0.2, -0.15) is 0 Å². The van der Waals surface area contributed by atoms with Crippen LogP contribution in [0.15, 0.2) is 35.3 Å². The number of hydrogen-bond acceptors (Lipinski definition) is 8. The Morgan fingerprint density at radius 1 is 0.881 bits per heavy atom. The third-order valence-corrected chi connectivity index (χ3v) is 5.90. The van der Waals surface area contributed by atoms with Crippen molar-refractivity contribution in [3.8, 4) is 0 Å². The Bertz CT molecular complexity index is 1120. The first kappa shape index (κ1) is 35.3. The van der Waals surface area contributed by atoms with E-state index in [2.05, 4.69) is 26.3 Å². The molecule has 16 heteroatoms. The van der Waals surface area contributed by atoms with Crippen LogP contribution in [-0.4, -0.2) is 89.0 Å². The predicted molar refractivity (Wildman–Crippen MR) is 152 cm³/mol. The zero-order valence-corrected chi connectivity index (χ0v) is 23.5. The Labute approximate surface area is 242 Å². The minimum absolute atomic E-state index is 0.0479. The van der Waals surface area contributed by atoms with Gasteiger partial charge in [-0.15, -0.1) is 0 Å². The van der Waals surface area contributed by atoms with Gasteiger partial charge in [-0.3, -0.25) is 29.0 Å². The highest BCUT2D eigenvalue weighted by Gasteiger charge is 2.32. The lowest BCUT2D eigenvalue weighted by molar-refractivity contribution is -0.144. The quantitative estimate of drug-likeness (QED) is 0.0484. The van der Waals surface area contributed by atoms with E-state index in [4.69, 9.17) is 17.2 Å². The summed E-state index contributed by atoms with van der Waals surface area (Å²) in [5.41, 5.74) is 16.9. The van der Waals surface area contributed by atoms with Gasteiger partial charge in [0.25, 0.3) is 0 Å². The molecule has 0 saturated carbocycles. The molecule has 0 aliphatic heterocycles. The number of guanidine groups is 1. The minimum Gasteiger partial charge on any atom is -0.481 e. The molecule has 0 bridgehead atoms. The zero-order valence-electron chi connectivity index (χ0n) is 23.5. The van der Waals surface area contributed by atoms with Crippen molar-refractivity contribution in [2.24, 2.45) is 28.1 Å². The molecular weight excluding hydrogens is 552 g/mol. The van der Waals surface area contributed by atoms with Gasteiger partial charge >= 0.3 is 11.9 Å². The second-order valence-corrected chi connectivity index (χ2v) is 9.81. The molecule has 12 N–H and O–H groups in total. The number of carbonyl (C=O) groups is 6. The molecule has 0 aromatic heterocycles. The number of rotatable bonds is 18. The maximum atomic E-state index is 13.1. The summed E-state index contributed by atoms with van der Waals surface area (Å²) in [5.74, 6) is -6.61. The number of carboxylic acid groups (broad SMARTS) is 2. The van der Waals surface area contributed by atoms with Gasteiger partial charge in [-0.1, -0.05) is 44.2 Å². The largest absolute Gasteiger partial charge is 0.481 e. The molecule has 42 heavy (non-hydrogen) atoms. The molecule has 232 valence electrons. The minimum atomic E-state index is -1.62. The summed E-state index contributed by atoms with van der Waals surface area (Å²) in [7, 11) is 0. The predicted octanol–water partition coefficient (Wildman–Crippen LogP) is -2.60. The van der Waals surface area contributed by atoms with Gasteiger partial charge in [0.05, 0.1) is 19.0 Å². The molecular formula is C26H40N8O8. The third-order valence-electron chi connectivity index (χ3n) is 5.90. The molecule has 4 amide bonds. The Kier molecular flexibility index (Phi) is 15.0. The van der Waals surface area contributed by atoms with Crippen LogP contribution in [-0.2, 0) is 35.2 Å². The molecule has 1 rings (SSSR count). The van der Waals surface area contributed by atoms with Gasteiger partial charge in [0.2, 0.25) is 23.6 Å². The maximum Gasteiger partial charge on any atom is 0.326 e. The summed E-state index contributed by atoms with van der Waals surface area (Å²) in [4.78, 5) is 77.6. The number of benzene rings is 1. The first-order valence-corrected chi connectivity index (χ1v) is 13.2. The van der Waals surface area contributed by atoms with Gasteiger partial charge in [0, 0.05) is 13.0 Å². The fraction of sp³-hybridized carbons (Fsp3) is 0.500. The van der Waals surface area contributed by atoms with Crippen molar-refractivity contribution in [3.63, 3.8) is 0 Å². The zero-order chi connectivity index (χ0) is 31.8. The number of carboxylic acids is 2. The molecule has 1 aromatic carbocycles. The average Bonchev–Trinajstić information content (AvgIpc) is 2.91. The molecule has 4 atom stereocenters. The SMILES string of the molecule is CC(C)[C@@H](NC(=O)[C@H](Cc1ccccc1)NC(=O)[C@H](CC(=O)O)NC(=O)CNC(=O)[C@@H](N)CCCN=C(N)N)C(=O)O. The lowest BCUT2D eigenvalue weighted by Gasteiger charge is -2.25. The van der Waals surface area contributed by atoms with Crippen molar-refractivity contribution in [2.75, 3.05) is 13.1 Å². The molecule has 0 heterocycles. The number of amides is 4. The van der Waals surface area contributed by atoms with Crippen LogP contribution >= 0.6 is 0 Å². The van der Waals surface area contributed by atoms with Gasteiger partial charge in [-0.25, -0.2) is 4.79 Å². The molecule has 0 radical (unpaired) electrons. The highest BCUT2D eigenvalue weighted by molar-refractivity contribution is 5.96. The van der Waals surface area contributed by atoms with Gasteiger partial charge in [0.15, 0.2) is 5.96 Å². The second kappa shape index (κ2) is 17.9. The van der Waals surface area contributed by atoms with Crippen molar-refractivity contribution in [3.05, 3.63) is 35.9 Å². The van der Waals surface area contributed by atoms with E-state index >= 15 is 0 Å². The van der Waals surface area contributed by atoms with E-state index < -0.39 is 78.6 Å². The first-order valence-electron chi connectivity index (χ1n) is 13.2. The average molecular weight is 593 g/mol. The van der Waals surface area contributed by atoms with E-state index in [-0.39, 0.29) is 25.3 Å². The summed E-state index contributed by atoms with van der Waals surface area (Å²) in [6, 6.07) is 3.40. The van der Waals surface area contributed by atoms with Crippen molar-refractivity contribution < 1.29 is 39.0 Å². The molecule has 0 aliphatic carbocycles. The summed E-state index contributed by atoms with van der Waals surface area (Å²) < 4.78 is 0. The van der Waals surface area contributed by atoms with E-state index in [1.807, 2.05) is 0 Å². The lowest BCUT2D eigenvalue weighted by Crippen LogP contribution is -2.58. The highest BCUT2D eigenvalue weighted by Crippen LogP contribution is 2.08. The molecule has 1 aromatic rings. The van der Waals surface area contributed by atoms with Crippen LogP contribution in [0.3, 0.4) is 0 Å². The van der Waals surface area contributed by atoms with Crippen LogP contribution in [0.2, 0.25) is 0 Å². The van der Waals surface area contributed by atoms with E-state index in [9.17, 15) is 39.0 Å². The molecule has 0 unspecified atom stereocenters. The topological polar surface area (TPSA) is 281 Å². The van der Waals surface area contributed by atoms with Crippen LogP contribution in [0, 0.1) is 5.92 Å². The van der Waals surface area contributed by atoms with E-state index in [1.165, 1.54) is 0 Å². The fourth-order valence-corrected chi connectivity index (χ4v) is 3.68. The Balaban J connectivity index is 2.93. The highest BCUT2D eigenvalue weighted by atomic mass is 16.4. The van der Waals surface area contributed by atoms with Gasteiger partial charge in [0.1, 0.15) is 18.1 Å². The second-order valence-electron chi connectivity index (χ2n) is 9.81. The van der Waals surface area contributed by atoms with E-state index in [1.54, 1.807) is 44.2 Å². The number of aliphatic carboxylic acids is 2. The number of hydrogen-bond donors (Lipinski definition) is 9. The molecule has 0 saturated heterocycles. The Morgan fingerprint density at radius 2 is 1.50 bits per heavy atom. The van der Waals surface area contributed by atoms with Crippen LogP contribution < -0.4 is 38.5 Å². The fourth-order valence-electron chi connectivity index (χ4n) is 3.68. The van der Waals surface area contributed by atoms with E-state index in [0.717, 1.165) is 0 Å². The smallest absolute Gasteiger partial charge is 0.326 e. The monoisotopic (exact) mass is 592 g/mol. The molecule has 0 aliphatic rings. The van der Waals surface area contributed by atoms with Crippen molar-refractivity contribution in [1.29, 1.82) is 0 Å². The third kappa shape index (κ3) is 13.6. The summed E-state index contributed by atoms with van der Waals surface area (Å²) in [6.07, 6.45) is -0.257. The van der Waals surface area contributed by atoms with Crippen molar-refractivity contribution in [2.45, 2.75) is 63.7 Å². The maximum absolute atomic E-state index is 13.1. The van der Waals surface area contributed by atoms with Crippen LogP contribution in [0.4, 0.5) is 0 Å². The van der Waals surface area contributed by atoms with Crippen molar-refractivity contribution in [1.82, 2.24) is 21.3 Å². The number of nitrogens with two attached hydrogens (primary N) is 3. The Morgan fingerprint density at radius 3 is 2.05 bits per heavy atom. The van der Waals surface area contributed by atoms with Crippen LogP contribution in [0.25, 0.3) is 0 Å². The lowest BCUT2D eigenvalue weighted by atomic mass is 10.0. The van der Waals surface area contributed by atoms with Crippen molar-refractivity contribution >= 4 is 41.5 Å². The first-order chi connectivity index (χ1) is 19.7. The molecule has 0 fully saturated rings. The number of nitrogens with one attached hydrogen (secondary N) is 4. The number of aliphatic imine (C=N–C) groups is 1. The number of nitrogens with zero attached hydrogens (tertiary/aromatic N) is 1.